The van der Waals surface area contributed by atoms with Gasteiger partial charge in [0.25, 0.3) is 0 Å². The van der Waals surface area contributed by atoms with E-state index in [0.717, 1.165) is 25.7 Å². The third-order valence-corrected chi connectivity index (χ3v) is 2.04. The Hall–Kier alpha value is -1.45. The molecule has 1 rings (SSSR count). The molecule has 0 saturated heterocycles. The van der Waals surface area contributed by atoms with Crippen LogP contribution < -0.4 is 0 Å². The first-order chi connectivity index (χ1) is 6.75. The van der Waals surface area contributed by atoms with E-state index >= 15 is 0 Å². The minimum absolute atomic E-state index is 0.226. The average Bonchev–Trinajstić information content (AvgIpc) is 2.19. The van der Waals surface area contributed by atoms with Crippen molar-refractivity contribution in [2.45, 2.75) is 32.6 Å². The molecule has 0 spiro atoms. The molecule has 1 heterocycles. The van der Waals surface area contributed by atoms with E-state index in [-0.39, 0.29) is 5.56 Å². The summed E-state index contributed by atoms with van der Waals surface area (Å²) in [5.74, 6) is -0.947. The Bertz CT molecular complexity index is 313. The molecule has 1 aromatic heterocycles. The van der Waals surface area contributed by atoms with E-state index < -0.39 is 5.97 Å². The highest BCUT2D eigenvalue weighted by Crippen LogP contribution is 2.08. The van der Waals surface area contributed by atoms with E-state index in [4.69, 9.17) is 5.11 Å². The Kier molecular flexibility index (Phi) is 4.04. The van der Waals surface area contributed by atoms with Crippen molar-refractivity contribution in [2.75, 3.05) is 0 Å². The van der Waals surface area contributed by atoms with Gasteiger partial charge in [0, 0.05) is 6.20 Å². The first-order valence-electron chi connectivity index (χ1n) is 4.78. The number of aromatic nitrogens is 2. The van der Waals surface area contributed by atoms with Gasteiger partial charge in [0.05, 0.1) is 11.3 Å². The van der Waals surface area contributed by atoms with E-state index in [1.165, 1.54) is 12.5 Å². The van der Waals surface area contributed by atoms with E-state index in [9.17, 15) is 4.79 Å². The first-order valence-corrected chi connectivity index (χ1v) is 4.78. The fourth-order valence-electron chi connectivity index (χ4n) is 1.28. The van der Waals surface area contributed by atoms with Crippen LogP contribution in [0, 0.1) is 0 Å². The van der Waals surface area contributed by atoms with Crippen molar-refractivity contribution in [2.24, 2.45) is 0 Å². The number of carboxylic acids is 1. The van der Waals surface area contributed by atoms with Crippen LogP contribution >= 0.6 is 0 Å². The predicted octanol–water partition coefficient (Wildman–Crippen LogP) is 1.91. The summed E-state index contributed by atoms with van der Waals surface area (Å²) in [6.07, 6.45) is 6.67. The molecule has 1 N–H and O–H groups in total. The van der Waals surface area contributed by atoms with Gasteiger partial charge < -0.3 is 5.11 Å². The summed E-state index contributed by atoms with van der Waals surface area (Å²) in [6, 6.07) is 0. The van der Waals surface area contributed by atoms with Crippen molar-refractivity contribution in [1.82, 2.24) is 9.97 Å². The summed E-state index contributed by atoms with van der Waals surface area (Å²) in [6.45, 7) is 2.11. The van der Waals surface area contributed by atoms with Gasteiger partial charge in [0.15, 0.2) is 0 Å². The number of hydrogen-bond donors (Lipinski definition) is 1. The Labute approximate surface area is 83.0 Å². The molecular formula is C10H14N2O2. The first kappa shape index (κ1) is 10.6. The lowest BCUT2D eigenvalue weighted by molar-refractivity contribution is 0.0694. The molecule has 1 aromatic rings. The minimum atomic E-state index is -0.947. The second-order valence-corrected chi connectivity index (χ2v) is 3.15. The topological polar surface area (TPSA) is 63.1 Å². The standard InChI is InChI=1S/C10H14N2O2/c1-2-3-4-5-9-8(10(13)14)6-11-7-12-9/h6-7H,2-5H2,1H3,(H,13,14). The van der Waals surface area contributed by atoms with E-state index in [2.05, 4.69) is 16.9 Å². The van der Waals surface area contributed by atoms with Crippen LogP contribution in [0.2, 0.25) is 0 Å². The van der Waals surface area contributed by atoms with Crippen molar-refractivity contribution in [3.63, 3.8) is 0 Å². The number of hydrogen-bond acceptors (Lipinski definition) is 3. The number of unbranched alkanes of at least 4 members (excludes halogenated alkanes) is 2. The van der Waals surface area contributed by atoms with Crippen LogP contribution in [0.1, 0.15) is 42.2 Å². The van der Waals surface area contributed by atoms with Crippen molar-refractivity contribution >= 4 is 5.97 Å². The van der Waals surface area contributed by atoms with Crippen molar-refractivity contribution in [1.29, 1.82) is 0 Å². The lowest BCUT2D eigenvalue weighted by Crippen LogP contribution is -2.05. The van der Waals surface area contributed by atoms with Gasteiger partial charge in [-0.05, 0) is 12.8 Å². The summed E-state index contributed by atoms with van der Waals surface area (Å²) in [5.41, 5.74) is 0.865. The Morgan fingerprint density at radius 2 is 2.29 bits per heavy atom. The van der Waals surface area contributed by atoms with Crippen molar-refractivity contribution < 1.29 is 9.90 Å². The number of rotatable bonds is 5. The highest BCUT2D eigenvalue weighted by atomic mass is 16.4. The van der Waals surface area contributed by atoms with Gasteiger partial charge in [0.1, 0.15) is 6.33 Å². The van der Waals surface area contributed by atoms with Crippen LogP contribution in [0.4, 0.5) is 0 Å². The molecule has 0 atom stereocenters. The average molecular weight is 194 g/mol. The maximum atomic E-state index is 10.8. The van der Waals surface area contributed by atoms with Crippen molar-refractivity contribution in [3.8, 4) is 0 Å². The van der Waals surface area contributed by atoms with E-state index in [1.54, 1.807) is 0 Å². The van der Waals surface area contributed by atoms with Crippen LogP contribution in [0.3, 0.4) is 0 Å². The molecule has 0 aliphatic rings. The predicted molar refractivity (Wildman–Crippen MR) is 52.2 cm³/mol. The normalized spacial score (nSPS) is 10.1. The van der Waals surface area contributed by atoms with E-state index in [1.807, 2.05) is 0 Å². The van der Waals surface area contributed by atoms with Crippen molar-refractivity contribution in [3.05, 3.63) is 23.8 Å². The fourth-order valence-corrected chi connectivity index (χ4v) is 1.28. The van der Waals surface area contributed by atoms with Gasteiger partial charge in [-0.25, -0.2) is 14.8 Å². The molecule has 0 bridgehead atoms. The second-order valence-electron chi connectivity index (χ2n) is 3.15. The molecule has 0 fully saturated rings. The monoisotopic (exact) mass is 194 g/mol. The molecule has 4 heteroatoms. The van der Waals surface area contributed by atoms with Gasteiger partial charge in [-0.3, -0.25) is 0 Å². The summed E-state index contributed by atoms with van der Waals surface area (Å²) in [4.78, 5) is 18.5. The van der Waals surface area contributed by atoms with Gasteiger partial charge in [-0.1, -0.05) is 19.8 Å². The maximum Gasteiger partial charge on any atom is 0.339 e. The number of nitrogens with zero attached hydrogens (tertiary/aromatic N) is 2. The van der Waals surface area contributed by atoms with Crippen LogP contribution in [0.25, 0.3) is 0 Å². The second kappa shape index (κ2) is 5.32. The zero-order valence-electron chi connectivity index (χ0n) is 8.23. The summed E-state index contributed by atoms with van der Waals surface area (Å²) in [5, 5.41) is 8.84. The molecule has 0 aromatic carbocycles. The molecular weight excluding hydrogens is 180 g/mol. The van der Waals surface area contributed by atoms with E-state index in [0.29, 0.717) is 5.69 Å². The third-order valence-electron chi connectivity index (χ3n) is 2.04. The third kappa shape index (κ3) is 2.80. The highest BCUT2D eigenvalue weighted by Gasteiger charge is 2.10. The SMILES string of the molecule is CCCCCc1ncncc1C(=O)O. The molecule has 4 nitrogen and oxygen atoms in total. The zero-order valence-corrected chi connectivity index (χ0v) is 8.23. The molecule has 76 valence electrons. The smallest absolute Gasteiger partial charge is 0.339 e. The van der Waals surface area contributed by atoms with Crippen LogP contribution in [-0.4, -0.2) is 21.0 Å². The molecule has 0 saturated carbocycles. The number of aromatic carboxylic acids is 1. The molecule has 0 unspecified atom stereocenters. The van der Waals surface area contributed by atoms with Crippen LogP contribution in [-0.2, 0) is 6.42 Å². The lowest BCUT2D eigenvalue weighted by Gasteiger charge is -2.02. The van der Waals surface area contributed by atoms with Gasteiger partial charge >= 0.3 is 5.97 Å². The maximum absolute atomic E-state index is 10.8. The Balaban J connectivity index is 2.69. The number of aryl methyl sites for hydroxylation is 1. The fraction of sp³-hybridized carbons (Fsp3) is 0.500. The largest absolute Gasteiger partial charge is 0.478 e. The van der Waals surface area contributed by atoms with Crippen LogP contribution in [0.15, 0.2) is 12.5 Å². The Morgan fingerprint density at radius 3 is 2.93 bits per heavy atom. The van der Waals surface area contributed by atoms with Gasteiger partial charge in [-0.15, -0.1) is 0 Å². The van der Waals surface area contributed by atoms with Gasteiger partial charge in [0.2, 0.25) is 0 Å². The Morgan fingerprint density at radius 1 is 1.50 bits per heavy atom. The molecule has 0 aliphatic heterocycles. The summed E-state index contributed by atoms with van der Waals surface area (Å²) < 4.78 is 0. The number of carboxylic acid groups (broad SMARTS) is 1. The number of carbonyl (C=O) groups is 1. The zero-order chi connectivity index (χ0) is 10.4. The van der Waals surface area contributed by atoms with Gasteiger partial charge in [-0.2, -0.15) is 0 Å². The molecule has 0 aliphatic carbocycles. The molecule has 14 heavy (non-hydrogen) atoms. The minimum Gasteiger partial charge on any atom is -0.478 e. The summed E-state index contributed by atoms with van der Waals surface area (Å²) >= 11 is 0. The molecule has 0 radical (unpaired) electrons. The summed E-state index contributed by atoms with van der Waals surface area (Å²) in [7, 11) is 0. The lowest BCUT2D eigenvalue weighted by atomic mass is 10.1. The highest BCUT2D eigenvalue weighted by molar-refractivity contribution is 5.88. The van der Waals surface area contributed by atoms with Crippen LogP contribution in [0.5, 0.6) is 0 Å². The molecule has 0 amide bonds. The quantitative estimate of drug-likeness (QED) is 0.727.